The van der Waals surface area contributed by atoms with Crippen molar-refractivity contribution in [1.29, 1.82) is 5.26 Å². The van der Waals surface area contributed by atoms with Crippen molar-refractivity contribution in [3.8, 4) is 6.07 Å². The monoisotopic (exact) mass is 345 g/mol. The second-order valence-corrected chi connectivity index (χ2v) is 7.83. The van der Waals surface area contributed by atoms with Crippen molar-refractivity contribution < 1.29 is 8.42 Å². The van der Waals surface area contributed by atoms with Crippen LogP contribution in [-0.4, -0.2) is 23.9 Å². The van der Waals surface area contributed by atoms with Crippen LogP contribution in [0.4, 0.5) is 5.82 Å². The van der Waals surface area contributed by atoms with Crippen molar-refractivity contribution in [1.82, 2.24) is 14.7 Å². The van der Waals surface area contributed by atoms with E-state index in [9.17, 15) is 8.42 Å². The number of nitrogens with one attached hydrogen (secondary N) is 2. The van der Waals surface area contributed by atoms with Gasteiger partial charge in [0.2, 0.25) is 10.0 Å². The summed E-state index contributed by atoms with van der Waals surface area (Å²) in [5.41, 5.74) is 0.146. The molecule has 0 atom stereocenters. The van der Waals surface area contributed by atoms with Crippen LogP contribution >= 0.6 is 0 Å². The topological polar surface area (TPSA) is 108 Å². The lowest BCUT2D eigenvalue weighted by molar-refractivity contribution is 0.491. The molecule has 0 fully saturated rings. The molecule has 0 radical (unpaired) electrons. The van der Waals surface area contributed by atoms with Crippen molar-refractivity contribution in [3.63, 3.8) is 0 Å². The van der Waals surface area contributed by atoms with Gasteiger partial charge < -0.3 is 5.32 Å². The average Bonchev–Trinajstić information content (AvgIpc) is 2.51. The maximum absolute atomic E-state index is 12.6. The highest BCUT2D eigenvalue weighted by atomic mass is 32.2. The number of rotatable bonds is 5. The van der Waals surface area contributed by atoms with E-state index in [2.05, 4.69) is 20.0 Å². The molecule has 0 unspecified atom stereocenters. The maximum atomic E-state index is 12.6. The molecule has 1 aromatic heterocycles. The van der Waals surface area contributed by atoms with Crippen LogP contribution in [0.2, 0.25) is 0 Å². The summed E-state index contributed by atoms with van der Waals surface area (Å²) in [6.45, 7) is 5.55. The Morgan fingerprint density at radius 1 is 1.17 bits per heavy atom. The first-order valence-corrected chi connectivity index (χ1v) is 8.78. The summed E-state index contributed by atoms with van der Waals surface area (Å²) in [4.78, 5) is 8.16. The molecule has 0 aliphatic rings. The van der Waals surface area contributed by atoms with Crippen LogP contribution in [0.15, 0.2) is 41.6 Å². The average molecular weight is 345 g/mol. The van der Waals surface area contributed by atoms with Crippen LogP contribution in [0.1, 0.15) is 32.0 Å². The van der Waals surface area contributed by atoms with Gasteiger partial charge in [-0.1, -0.05) is 18.2 Å². The predicted octanol–water partition coefficient (Wildman–Crippen LogP) is 2.04. The molecule has 0 bridgehead atoms. The van der Waals surface area contributed by atoms with Gasteiger partial charge in [-0.15, -0.1) is 0 Å². The summed E-state index contributed by atoms with van der Waals surface area (Å²) in [6, 6.07) is 8.63. The van der Waals surface area contributed by atoms with Gasteiger partial charge in [0, 0.05) is 24.5 Å². The Morgan fingerprint density at radius 2 is 1.83 bits per heavy atom. The lowest BCUT2D eigenvalue weighted by Gasteiger charge is -2.21. The number of hydrogen-bond donors (Lipinski definition) is 2. The quantitative estimate of drug-likeness (QED) is 0.858. The van der Waals surface area contributed by atoms with E-state index in [-0.39, 0.29) is 17.1 Å². The van der Waals surface area contributed by atoms with Gasteiger partial charge >= 0.3 is 0 Å². The van der Waals surface area contributed by atoms with E-state index >= 15 is 0 Å². The lowest BCUT2D eigenvalue weighted by Crippen LogP contribution is -2.40. The fraction of sp³-hybridized carbons (Fsp3) is 0.312. The predicted molar refractivity (Wildman–Crippen MR) is 90.6 cm³/mol. The van der Waals surface area contributed by atoms with Gasteiger partial charge in [-0.25, -0.2) is 23.1 Å². The van der Waals surface area contributed by atoms with E-state index in [4.69, 9.17) is 5.26 Å². The van der Waals surface area contributed by atoms with Gasteiger partial charge in [0.25, 0.3) is 0 Å². The second-order valence-electron chi connectivity index (χ2n) is 6.18. The Kier molecular flexibility index (Phi) is 5.17. The Hall–Kier alpha value is -2.50. The van der Waals surface area contributed by atoms with E-state index in [0.717, 1.165) is 0 Å². The van der Waals surface area contributed by atoms with Crippen molar-refractivity contribution in [3.05, 3.63) is 47.9 Å². The molecular formula is C16H19N5O2S. The fourth-order valence-electron chi connectivity index (χ4n) is 2.10. The zero-order valence-electron chi connectivity index (χ0n) is 13.7. The smallest absolute Gasteiger partial charge is 0.241 e. The first-order chi connectivity index (χ1) is 11.2. The van der Waals surface area contributed by atoms with Gasteiger partial charge in [0.15, 0.2) is 11.5 Å². The van der Waals surface area contributed by atoms with Crippen molar-refractivity contribution in [2.45, 2.75) is 37.8 Å². The fourth-order valence-corrected chi connectivity index (χ4v) is 3.76. The highest BCUT2D eigenvalue weighted by Gasteiger charge is 2.24. The van der Waals surface area contributed by atoms with Crippen molar-refractivity contribution in [2.75, 3.05) is 5.32 Å². The lowest BCUT2D eigenvalue weighted by atomic mass is 10.1. The van der Waals surface area contributed by atoms with E-state index in [1.54, 1.807) is 45.0 Å². The molecule has 1 aromatic carbocycles. The minimum Gasteiger partial charge on any atom is -0.364 e. The zero-order valence-corrected chi connectivity index (χ0v) is 14.6. The van der Waals surface area contributed by atoms with Crippen LogP contribution in [-0.2, 0) is 16.6 Å². The minimum atomic E-state index is -3.66. The Labute approximate surface area is 141 Å². The number of sulfonamides is 1. The maximum Gasteiger partial charge on any atom is 0.241 e. The molecule has 2 aromatic rings. The van der Waals surface area contributed by atoms with Crippen molar-refractivity contribution in [2.24, 2.45) is 0 Å². The van der Waals surface area contributed by atoms with Gasteiger partial charge in [-0.3, -0.25) is 0 Å². The molecule has 0 aliphatic carbocycles. The molecule has 24 heavy (non-hydrogen) atoms. The van der Waals surface area contributed by atoms with Crippen LogP contribution in [0.25, 0.3) is 0 Å². The highest BCUT2D eigenvalue weighted by molar-refractivity contribution is 7.89. The van der Waals surface area contributed by atoms with Gasteiger partial charge in [0.05, 0.1) is 4.90 Å². The van der Waals surface area contributed by atoms with Gasteiger partial charge in [-0.2, -0.15) is 5.26 Å². The molecule has 1 heterocycles. The summed E-state index contributed by atoms with van der Waals surface area (Å²) < 4.78 is 27.8. The third-order valence-electron chi connectivity index (χ3n) is 2.95. The molecule has 0 saturated carbocycles. The van der Waals surface area contributed by atoms with E-state index < -0.39 is 15.6 Å². The molecule has 0 aliphatic heterocycles. The van der Waals surface area contributed by atoms with Crippen LogP contribution < -0.4 is 10.0 Å². The zero-order chi connectivity index (χ0) is 17.8. The Balaban J connectivity index is 2.29. The van der Waals surface area contributed by atoms with E-state index in [0.29, 0.717) is 11.4 Å². The van der Waals surface area contributed by atoms with Gasteiger partial charge in [0.1, 0.15) is 6.07 Å². The molecule has 0 spiro atoms. The Bertz CT molecular complexity index is 867. The molecule has 0 amide bonds. The third-order valence-corrected chi connectivity index (χ3v) is 4.81. The minimum absolute atomic E-state index is 0.158. The highest BCUT2D eigenvalue weighted by Crippen LogP contribution is 2.19. The standard InChI is InChI=1S/C16H19N5O2S/c1-16(2,3)21-24(22,23)14-7-5-4-6-12(14)11-20-15-13(10-17)18-8-9-19-15/h4-9,21H,11H2,1-3H3,(H,19,20). The summed E-state index contributed by atoms with van der Waals surface area (Å²) >= 11 is 0. The summed E-state index contributed by atoms with van der Waals surface area (Å²) in [6.07, 6.45) is 2.89. The number of benzene rings is 1. The normalized spacial score (nSPS) is 11.8. The first-order valence-electron chi connectivity index (χ1n) is 7.30. The Morgan fingerprint density at radius 3 is 2.50 bits per heavy atom. The number of anilines is 1. The number of aromatic nitrogens is 2. The van der Waals surface area contributed by atoms with E-state index in [1.165, 1.54) is 12.4 Å². The molecule has 0 saturated heterocycles. The van der Waals surface area contributed by atoms with E-state index in [1.807, 2.05) is 6.07 Å². The van der Waals surface area contributed by atoms with Gasteiger partial charge in [-0.05, 0) is 32.4 Å². The summed E-state index contributed by atoms with van der Waals surface area (Å²) in [5.74, 6) is 0.316. The molecule has 126 valence electrons. The molecule has 2 N–H and O–H groups in total. The largest absolute Gasteiger partial charge is 0.364 e. The number of nitrogens with zero attached hydrogens (tertiary/aromatic N) is 3. The summed E-state index contributed by atoms with van der Waals surface area (Å²) in [5, 5.41) is 12.0. The number of hydrogen-bond acceptors (Lipinski definition) is 6. The van der Waals surface area contributed by atoms with Crippen LogP contribution in [0.3, 0.4) is 0 Å². The first kappa shape index (κ1) is 17.8. The molecule has 7 nitrogen and oxygen atoms in total. The second kappa shape index (κ2) is 6.95. The molecule has 2 rings (SSSR count). The SMILES string of the molecule is CC(C)(C)NS(=O)(=O)c1ccccc1CNc1nccnc1C#N. The van der Waals surface area contributed by atoms with Crippen molar-refractivity contribution >= 4 is 15.8 Å². The van der Waals surface area contributed by atoms with Crippen LogP contribution in [0, 0.1) is 11.3 Å². The van der Waals surface area contributed by atoms with Crippen LogP contribution in [0.5, 0.6) is 0 Å². The number of nitriles is 1. The summed E-state index contributed by atoms with van der Waals surface area (Å²) in [7, 11) is -3.66. The third kappa shape index (κ3) is 4.50. The molecular weight excluding hydrogens is 326 g/mol. The molecule has 8 heteroatoms.